The fourth-order valence-corrected chi connectivity index (χ4v) is 2.21. The van der Waals surface area contributed by atoms with Gasteiger partial charge in [0.1, 0.15) is 5.75 Å². The van der Waals surface area contributed by atoms with Crippen LogP contribution in [0.15, 0.2) is 12.1 Å². The third-order valence-corrected chi connectivity index (χ3v) is 2.94. The van der Waals surface area contributed by atoms with E-state index in [2.05, 4.69) is 0 Å². The highest BCUT2D eigenvalue weighted by atomic mass is 35.5. The average molecular weight is 263 g/mol. The van der Waals surface area contributed by atoms with Crippen LogP contribution in [0, 0.1) is 0 Å². The van der Waals surface area contributed by atoms with Gasteiger partial charge in [-0.05, 0) is 31.5 Å². The Bertz CT molecular complexity index is 335. The molecular formula is C11H16Cl2N2O. The largest absolute Gasteiger partial charge is 0.508 e. The van der Waals surface area contributed by atoms with Crippen molar-refractivity contribution in [1.29, 1.82) is 0 Å². The zero-order chi connectivity index (χ0) is 12.1. The first-order valence-corrected chi connectivity index (χ1v) is 5.95. The second-order valence-corrected chi connectivity index (χ2v) is 4.55. The van der Waals surface area contributed by atoms with E-state index < -0.39 is 0 Å². The maximum atomic E-state index is 9.73. The SMILES string of the molecule is NCCCC[C@@H](N)c1c(O)cc(Cl)cc1Cl. The van der Waals surface area contributed by atoms with Gasteiger partial charge in [-0.25, -0.2) is 0 Å². The van der Waals surface area contributed by atoms with Crippen LogP contribution in [0.3, 0.4) is 0 Å². The highest BCUT2D eigenvalue weighted by molar-refractivity contribution is 6.35. The maximum absolute atomic E-state index is 9.73. The Balaban J connectivity index is 2.78. The van der Waals surface area contributed by atoms with Gasteiger partial charge in [0, 0.05) is 16.6 Å². The fraction of sp³-hybridized carbons (Fsp3) is 0.455. The molecule has 0 aliphatic carbocycles. The second kappa shape index (κ2) is 6.30. The summed E-state index contributed by atoms with van der Waals surface area (Å²) < 4.78 is 0. The van der Waals surface area contributed by atoms with Gasteiger partial charge in [0.15, 0.2) is 0 Å². The summed E-state index contributed by atoms with van der Waals surface area (Å²) in [6.07, 6.45) is 2.57. The predicted molar refractivity (Wildman–Crippen MR) is 68.0 cm³/mol. The van der Waals surface area contributed by atoms with Crippen molar-refractivity contribution in [2.24, 2.45) is 11.5 Å². The van der Waals surface area contributed by atoms with Crippen LogP contribution in [-0.4, -0.2) is 11.7 Å². The molecule has 0 amide bonds. The molecule has 0 saturated carbocycles. The van der Waals surface area contributed by atoms with Crippen LogP contribution in [0.1, 0.15) is 30.9 Å². The molecule has 1 aromatic carbocycles. The van der Waals surface area contributed by atoms with E-state index in [-0.39, 0.29) is 11.8 Å². The van der Waals surface area contributed by atoms with Gasteiger partial charge in [-0.2, -0.15) is 0 Å². The molecular weight excluding hydrogens is 247 g/mol. The fourth-order valence-electron chi connectivity index (χ4n) is 1.59. The molecule has 0 saturated heterocycles. The van der Waals surface area contributed by atoms with E-state index in [0.717, 1.165) is 19.3 Å². The molecule has 0 unspecified atom stereocenters. The van der Waals surface area contributed by atoms with Crippen molar-refractivity contribution in [3.63, 3.8) is 0 Å². The molecule has 0 aliphatic rings. The summed E-state index contributed by atoms with van der Waals surface area (Å²) >= 11 is 11.7. The first-order chi connectivity index (χ1) is 7.56. The van der Waals surface area contributed by atoms with Crippen LogP contribution in [0.2, 0.25) is 10.0 Å². The van der Waals surface area contributed by atoms with E-state index in [1.54, 1.807) is 6.07 Å². The molecule has 0 aromatic heterocycles. The molecule has 0 fully saturated rings. The van der Waals surface area contributed by atoms with Crippen molar-refractivity contribution in [2.75, 3.05) is 6.54 Å². The zero-order valence-electron chi connectivity index (χ0n) is 8.92. The lowest BCUT2D eigenvalue weighted by molar-refractivity contribution is 0.456. The molecule has 1 aromatic rings. The monoisotopic (exact) mass is 262 g/mol. The Kier molecular flexibility index (Phi) is 5.35. The number of aromatic hydroxyl groups is 1. The zero-order valence-corrected chi connectivity index (χ0v) is 10.4. The Morgan fingerprint density at radius 1 is 1.25 bits per heavy atom. The Hall–Kier alpha value is -0.480. The minimum absolute atomic E-state index is 0.0535. The lowest BCUT2D eigenvalue weighted by atomic mass is 10.0. The number of hydrogen-bond acceptors (Lipinski definition) is 3. The van der Waals surface area contributed by atoms with Gasteiger partial charge in [-0.15, -0.1) is 0 Å². The number of phenolic OH excluding ortho intramolecular Hbond substituents is 1. The van der Waals surface area contributed by atoms with Crippen molar-refractivity contribution in [2.45, 2.75) is 25.3 Å². The molecule has 0 aliphatic heterocycles. The Morgan fingerprint density at radius 3 is 2.50 bits per heavy atom. The topological polar surface area (TPSA) is 72.3 Å². The number of hydrogen-bond donors (Lipinski definition) is 3. The quantitative estimate of drug-likeness (QED) is 0.715. The molecule has 90 valence electrons. The Morgan fingerprint density at radius 2 is 1.94 bits per heavy atom. The smallest absolute Gasteiger partial charge is 0.123 e. The van der Waals surface area contributed by atoms with E-state index in [4.69, 9.17) is 34.7 Å². The molecule has 5 heteroatoms. The van der Waals surface area contributed by atoms with Crippen LogP contribution in [0.25, 0.3) is 0 Å². The van der Waals surface area contributed by atoms with Crippen LogP contribution in [0.5, 0.6) is 5.75 Å². The van der Waals surface area contributed by atoms with E-state index in [1.165, 1.54) is 6.07 Å². The van der Waals surface area contributed by atoms with Crippen molar-refractivity contribution in [3.8, 4) is 5.75 Å². The van der Waals surface area contributed by atoms with E-state index in [9.17, 15) is 5.11 Å². The molecule has 0 bridgehead atoms. The summed E-state index contributed by atoms with van der Waals surface area (Å²) in [6.45, 7) is 0.646. The van der Waals surface area contributed by atoms with Gasteiger partial charge in [0.05, 0.1) is 5.02 Å². The Labute approximate surface area is 105 Å². The number of nitrogens with two attached hydrogens (primary N) is 2. The molecule has 0 spiro atoms. The minimum Gasteiger partial charge on any atom is -0.508 e. The number of phenols is 1. The van der Waals surface area contributed by atoms with Crippen molar-refractivity contribution >= 4 is 23.2 Å². The summed E-state index contributed by atoms with van der Waals surface area (Å²) in [6, 6.07) is 2.75. The van der Waals surface area contributed by atoms with Gasteiger partial charge >= 0.3 is 0 Å². The lowest BCUT2D eigenvalue weighted by Gasteiger charge is -2.15. The van der Waals surface area contributed by atoms with E-state index in [0.29, 0.717) is 22.2 Å². The normalized spacial score (nSPS) is 12.8. The summed E-state index contributed by atoms with van der Waals surface area (Å²) in [7, 11) is 0. The number of halogens is 2. The first-order valence-electron chi connectivity index (χ1n) is 5.19. The van der Waals surface area contributed by atoms with Gasteiger partial charge < -0.3 is 16.6 Å². The number of unbranched alkanes of at least 4 members (excludes halogenated alkanes) is 1. The first kappa shape index (κ1) is 13.6. The van der Waals surface area contributed by atoms with Crippen LogP contribution in [-0.2, 0) is 0 Å². The van der Waals surface area contributed by atoms with Crippen molar-refractivity contribution in [3.05, 3.63) is 27.7 Å². The highest BCUT2D eigenvalue weighted by Gasteiger charge is 2.15. The highest BCUT2D eigenvalue weighted by Crippen LogP contribution is 2.35. The van der Waals surface area contributed by atoms with Gasteiger partial charge in [0.2, 0.25) is 0 Å². The van der Waals surface area contributed by atoms with Gasteiger partial charge in [-0.3, -0.25) is 0 Å². The third kappa shape index (κ3) is 3.52. The second-order valence-electron chi connectivity index (χ2n) is 3.71. The summed E-state index contributed by atoms with van der Waals surface area (Å²) in [5, 5.41) is 10.5. The standard InChI is InChI=1S/C11H16Cl2N2O/c12-7-5-8(13)11(10(16)6-7)9(15)3-1-2-4-14/h5-6,9,16H,1-4,14-15H2/t9-/m1/s1. The van der Waals surface area contributed by atoms with Gasteiger partial charge in [0.25, 0.3) is 0 Å². The molecule has 0 radical (unpaired) electrons. The third-order valence-electron chi connectivity index (χ3n) is 2.41. The van der Waals surface area contributed by atoms with Crippen LogP contribution in [0.4, 0.5) is 0 Å². The average Bonchev–Trinajstić information content (AvgIpc) is 2.16. The van der Waals surface area contributed by atoms with Crippen LogP contribution < -0.4 is 11.5 Å². The molecule has 3 nitrogen and oxygen atoms in total. The number of rotatable bonds is 5. The lowest BCUT2D eigenvalue weighted by Crippen LogP contribution is -2.12. The summed E-state index contributed by atoms with van der Waals surface area (Å²) in [5.74, 6) is 0.0535. The molecule has 1 atom stereocenters. The summed E-state index contributed by atoms with van der Waals surface area (Å²) in [5.41, 5.74) is 11.9. The van der Waals surface area contributed by atoms with Crippen molar-refractivity contribution in [1.82, 2.24) is 0 Å². The van der Waals surface area contributed by atoms with Crippen molar-refractivity contribution < 1.29 is 5.11 Å². The van der Waals surface area contributed by atoms with E-state index >= 15 is 0 Å². The maximum Gasteiger partial charge on any atom is 0.123 e. The molecule has 5 N–H and O–H groups in total. The molecule has 1 rings (SSSR count). The predicted octanol–water partition coefficient (Wildman–Crippen LogP) is 2.83. The summed E-state index contributed by atoms with van der Waals surface area (Å²) in [4.78, 5) is 0. The van der Waals surface area contributed by atoms with Gasteiger partial charge in [-0.1, -0.05) is 29.6 Å². The van der Waals surface area contributed by atoms with Crippen LogP contribution >= 0.6 is 23.2 Å². The number of benzene rings is 1. The molecule has 16 heavy (non-hydrogen) atoms. The van der Waals surface area contributed by atoms with E-state index in [1.807, 2.05) is 0 Å². The molecule has 0 heterocycles. The minimum atomic E-state index is -0.281.